The molecule has 0 amide bonds. The van der Waals surface area contributed by atoms with Gasteiger partial charge in [0.2, 0.25) is 0 Å². The second kappa shape index (κ2) is 3.69. The monoisotopic (exact) mass is 260 g/mol. The molecule has 0 atom stereocenters. The van der Waals surface area contributed by atoms with Crippen molar-refractivity contribution in [2.75, 3.05) is 0 Å². The molecule has 1 aliphatic heterocycles. The van der Waals surface area contributed by atoms with Crippen LogP contribution >= 0.6 is 0 Å². The summed E-state index contributed by atoms with van der Waals surface area (Å²) in [6, 6.07) is 1.39. The van der Waals surface area contributed by atoms with Gasteiger partial charge in [0.25, 0.3) is 0 Å². The van der Waals surface area contributed by atoms with Crippen LogP contribution in [0.3, 0.4) is 0 Å². The summed E-state index contributed by atoms with van der Waals surface area (Å²) in [4.78, 5) is 0. The Balaban J connectivity index is 2.43. The van der Waals surface area contributed by atoms with Gasteiger partial charge in [0.15, 0.2) is 0 Å². The molecule has 0 spiro atoms. The summed E-state index contributed by atoms with van der Waals surface area (Å²) in [5.41, 5.74) is 0. The summed E-state index contributed by atoms with van der Waals surface area (Å²) < 4.78 is 5.01. The first-order chi connectivity index (χ1) is 5.11. The van der Waals surface area contributed by atoms with E-state index < -0.39 is 21.7 Å². The van der Waals surface area contributed by atoms with Crippen LogP contribution in [0.25, 0.3) is 0 Å². The van der Waals surface area contributed by atoms with E-state index in [1.807, 2.05) is 0 Å². The van der Waals surface area contributed by atoms with Crippen LogP contribution in [-0.2, 0) is 0 Å². The van der Waals surface area contributed by atoms with Crippen LogP contribution in [0.5, 0.6) is 0 Å². The zero-order chi connectivity index (χ0) is 8.43. The Morgan fingerprint density at radius 1 is 0.909 bits per heavy atom. The van der Waals surface area contributed by atoms with Crippen molar-refractivity contribution in [1.82, 2.24) is 6.24 Å². The zero-order valence-corrected chi connectivity index (χ0v) is 10.6. The molecule has 0 bridgehead atoms. The van der Waals surface area contributed by atoms with Crippen LogP contribution in [0.2, 0.25) is 0 Å². The molecule has 0 aromatic heterocycles. The quantitative estimate of drug-likeness (QED) is 0.692. The van der Waals surface area contributed by atoms with Gasteiger partial charge in [-0.3, -0.25) is 0 Å². The van der Waals surface area contributed by atoms with E-state index in [9.17, 15) is 0 Å². The fourth-order valence-electron chi connectivity index (χ4n) is 0.919. The molecule has 2 radical (unpaired) electrons. The average Bonchev–Trinajstić information content (AvgIpc) is 2.33. The van der Waals surface area contributed by atoms with Crippen molar-refractivity contribution in [2.45, 2.75) is 39.8 Å². The van der Waals surface area contributed by atoms with Gasteiger partial charge in [0.05, 0.1) is 0 Å². The Labute approximate surface area is 80.2 Å². The molecule has 0 fully saturated rings. The summed E-state index contributed by atoms with van der Waals surface area (Å²) in [6.07, 6.45) is 4.49. The maximum atomic E-state index is 2.50. The first-order valence-electron chi connectivity index (χ1n) is 4.12. The Morgan fingerprint density at radius 3 is 1.45 bits per heavy atom. The van der Waals surface area contributed by atoms with Crippen molar-refractivity contribution in [2.24, 2.45) is 0 Å². The van der Waals surface area contributed by atoms with Gasteiger partial charge in [-0.25, -0.2) is 0 Å². The van der Waals surface area contributed by atoms with E-state index in [1.54, 1.807) is 0 Å². The topological polar surface area (TPSA) is 6.48 Å². The first-order valence-corrected chi connectivity index (χ1v) is 6.68. The molecular weight excluding hydrogens is 243 g/mol. The van der Waals surface area contributed by atoms with Crippen LogP contribution < -0.4 is 0 Å². The van der Waals surface area contributed by atoms with Crippen molar-refractivity contribution in [3.8, 4) is 0 Å². The van der Waals surface area contributed by atoms with E-state index in [1.165, 1.54) is 0 Å². The summed E-state index contributed by atoms with van der Waals surface area (Å²) in [7, 11) is 0. The fourth-order valence-corrected chi connectivity index (χ4v) is 3.76. The number of hydrogen-bond donors (Lipinski definition) is 0. The Morgan fingerprint density at radius 2 is 1.27 bits per heavy atom. The molecule has 1 aliphatic rings. The third-order valence-electron chi connectivity index (χ3n) is 1.73. The first kappa shape index (κ1) is 9.23. The molecule has 62 valence electrons. The Bertz CT molecular complexity index is 138. The standard InChI is InChI=1S/C8H16N2.Sn/c1-7(2)9-5-6-10-8(3)4;/h5-8H,1-4H3;/q-2;+2. The predicted molar refractivity (Wildman–Crippen MR) is 48.8 cm³/mol. The second-order valence-corrected chi connectivity index (χ2v) is 6.92. The average molecular weight is 259 g/mol. The predicted octanol–water partition coefficient (Wildman–Crippen LogP) is 1.43. The molecule has 1 rings (SSSR count). The summed E-state index contributed by atoms with van der Waals surface area (Å²) in [5, 5.41) is 0. The van der Waals surface area contributed by atoms with Crippen LogP contribution in [0.1, 0.15) is 27.7 Å². The second-order valence-electron chi connectivity index (χ2n) is 3.40. The number of nitrogens with zero attached hydrogens (tertiary/aromatic N) is 2. The van der Waals surface area contributed by atoms with Crippen LogP contribution in [0.4, 0.5) is 0 Å². The molecule has 0 aromatic carbocycles. The molecule has 0 saturated carbocycles. The van der Waals surface area contributed by atoms with E-state index in [-0.39, 0.29) is 0 Å². The molecule has 2 nitrogen and oxygen atoms in total. The normalized spacial score (nSPS) is 17.6. The zero-order valence-electron chi connectivity index (χ0n) is 7.70. The molecule has 0 aliphatic carbocycles. The van der Waals surface area contributed by atoms with E-state index in [0.29, 0.717) is 12.1 Å². The minimum atomic E-state index is -0.441. The number of rotatable bonds is 2. The van der Waals surface area contributed by atoms with Gasteiger partial charge >= 0.3 is 80.1 Å². The van der Waals surface area contributed by atoms with Crippen molar-refractivity contribution in [3.05, 3.63) is 12.4 Å². The van der Waals surface area contributed by atoms with Gasteiger partial charge in [0, 0.05) is 0 Å². The SMILES string of the molecule is CC(C)[N]1C=C[N](C(C)C)[Sn]1. The third-order valence-corrected chi connectivity index (χ3v) is 6.85. The van der Waals surface area contributed by atoms with Crippen molar-refractivity contribution in [1.29, 1.82) is 0 Å². The van der Waals surface area contributed by atoms with Crippen LogP contribution in [0, 0.1) is 0 Å². The molecule has 0 unspecified atom stereocenters. The Hall–Kier alpha value is 0.139. The minimum absolute atomic E-state index is 0.441. The van der Waals surface area contributed by atoms with Crippen molar-refractivity contribution in [3.63, 3.8) is 0 Å². The van der Waals surface area contributed by atoms with E-state index >= 15 is 0 Å². The number of hydrogen-bond acceptors (Lipinski definition) is 2. The van der Waals surface area contributed by atoms with Gasteiger partial charge in [-0.15, -0.1) is 0 Å². The molecule has 0 saturated heterocycles. The molecule has 0 N–H and O–H groups in total. The molecule has 11 heavy (non-hydrogen) atoms. The van der Waals surface area contributed by atoms with E-state index in [4.69, 9.17) is 0 Å². The maximum absolute atomic E-state index is 2.50. The molecule has 3 heteroatoms. The van der Waals surface area contributed by atoms with Crippen molar-refractivity contribution < 1.29 is 0 Å². The summed E-state index contributed by atoms with van der Waals surface area (Å²) in [6.45, 7) is 9.04. The van der Waals surface area contributed by atoms with Gasteiger partial charge in [-0.1, -0.05) is 0 Å². The van der Waals surface area contributed by atoms with E-state index in [2.05, 4.69) is 46.3 Å². The van der Waals surface area contributed by atoms with Gasteiger partial charge in [0.1, 0.15) is 0 Å². The van der Waals surface area contributed by atoms with Gasteiger partial charge in [-0.05, 0) is 0 Å². The Kier molecular flexibility index (Phi) is 3.10. The molecular formula is C8H16N2Sn. The van der Waals surface area contributed by atoms with Gasteiger partial charge < -0.3 is 0 Å². The molecule has 1 heterocycles. The third kappa shape index (κ3) is 2.29. The van der Waals surface area contributed by atoms with Crippen LogP contribution in [-0.4, -0.2) is 40.0 Å². The van der Waals surface area contributed by atoms with Crippen LogP contribution in [0.15, 0.2) is 12.4 Å². The summed E-state index contributed by atoms with van der Waals surface area (Å²) >= 11 is -0.441. The van der Waals surface area contributed by atoms with Gasteiger partial charge in [-0.2, -0.15) is 0 Å². The fraction of sp³-hybridized carbons (Fsp3) is 0.750. The molecule has 0 aromatic rings. The van der Waals surface area contributed by atoms with Crippen molar-refractivity contribution >= 4 is 21.7 Å². The van der Waals surface area contributed by atoms with E-state index in [0.717, 1.165) is 0 Å². The summed E-state index contributed by atoms with van der Waals surface area (Å²) in [5.74, 6) is 0.